The Morgan fingerprint density at radius 3 is 1.25 bits per heavy atom. The second-order valence-electron chi connectivity index (χ2n) is 19.7. The molecule has 0 aromatic heterocycles. The van der Waals surface area contributed by atoms with Crippen LogP contribution in [-0.2, 0) is 81.4 Å². The molecule has 0 saturated carbocycles. The van der Waals surface area contributed by atoms with Gasteiger partial charge in [0, 0.05) is 33.7 Å². The van der Waals surface area contributed by atoms with Crippen molar-refractivity contribution in [3.63, 3.8) is 0 Å². The SMILES string of the molecule is CC1(C)OC(=O)C(C(=O)[C@@H](Cc2ccc(-c3ccccc3)cc2)N[B]C=O)C(=O)O1.CC1(C)OC(=O)C(C[C@@H](Cc2ccc(-c3ccccc3)cc2)N[B]C=O)C(=O)O1.O=C[B]C[C@H](Cc1ccc(-c2ccccc2)cc1)C(=O)O. The molecule has 8 rings (SSSR count). The topological polar surface area (TPSA) is 235 Å². The highest BCUT2D eigenvalue weighted by atomic mass is 16.8. The van der Waals surface area contributed by atoms with Gasteiger partial charge in [0.05, 0.1) is 30.5 Å². The minimum atomic E-state index is -1.70. The monoisotopic (exact) mass is 1080 g/mol. The van der Waals surface area contributed by atoms with Crippen molar-refractivity contribution in [2.75, 3.05) is 0 Å². The quantitative estimate of drug-likeness (QED) is 0.0251. The first kappa shape index (κ1) is 60.7. The summed E-state index contributed by atoms with van der Waals surface area (Å²) in [6.45, 7) is 5.85. The fourth-order valence-corrected chi connectivity index (χ4v) is 8.84. The zero-order chi connectivity index (χ0) is 57.7. The van der Waals surface area contributed by atoms with Crippen molar-refractivity contribution in [2.24, 2.45) is 17.8 Å². The van der Waals surface area contributed by atoms with Gasteiger partial charge in [0.1, 0.15) is 0 Å². The number of nitrogens with one attached hydrogen (secondary N) is 2. The number of cyclic esters (lactones) is 4. The largest absolute Gasteiger partial charge is 0.481 e. The molecule has 407 valence electrons. The number of carboxylic acids is 1. The first-order valence-electron chi connectivity index (χ1n) is 25.8. The standard InChI is InChI=1S/C22H21BNO6.C22H23BNO5.C17H16BO3/c1-22(2)29-20(27)18(21(28)30-22)19(26)17(24-23-13-25)12-14-8-10-16(11-9-14)15-6-4-3-5-7-15;1-22(2)28-20(26)19(21(27)29-22)13-18(24-23-14-25)12-15-8-10-17(11-9-15)16-6-4-3-5-7-16;19-12-18-11-16(17(20)21)10-13-6-8-15(9-7-13)14-4-2-1-3-5-14/h3-11,13,17-18,24H,12H2,1-2H3;3-11,14,18-19,24H,12-13H2,1-2H3;1-9,12,16H,10-11H2,(H,20,21)/t17-;18-;16-/m110/s1. The van der Waals surface area contributed by atoms with Crippen molar-refractivity contribution in [1.29, 1.82) is 0 Å². The lowest BCUT2D eigenvalue weighted by Gasteiger charge is -2.34. The van der Waals surface area contributed by atoms with Crippen molar-refractivity contribution >= 4 is 76.3 Å². The molecule has 19 heteroatoms. The maximum Gasteiger partial charge on any atom is 0.331 e. The highest BCUT2D eigenvalue weighted by Crippen LogP contribution is 2.29. The Kier molecular flexibility index (Phi) is 22.3. The molecule has 6 aromatic rings. The summed E-state index contributed by atoms with van der Waals surface area (Å²) < 4.78 is 20.4. The first-order valence-corrected chi connectivity index (χ1v) is 25.8. The molecule has 3 N–H and O–H groups in total. The van der Waals surface area contributed by atoms with E-state index in [2.05, 4.69) is 10.5 Å². The number of benzene rings is 6. The summed E-state index contributed by atoms with van der Waals surface area (Å²) >= 11 is 0. The average Bonchev–Trinajstić information content (AvgIpc) is 3.44. The van der Waals surface area contributed by atoms with Gasteiger partial charge in [0.25, 0.3) is 26.4 Å². The fourth-order valence-electron chi connectivity index (χ4n) is 8.84. The molecule has 0 spiro atoms. The minimum Gasteiger partial charge on any atom is -0.481 e. The second-order valence-corrected chi connectivity index (χ2v) is 19.7. The minimum absolute atomic E-state index is 0.165. The van der Waals surface area contributed by atoms with Crippen LogP contribution in [0.4, 0.5) is 0 Å². The Hall–Kier alpha value is -8.54. The Morgan fingerprint density at radius 2 is 0.863 bits per heavy atom. The molecule has 2 aliphatic rings. The van der Waals surface area contributed by atoms with Gasteiger partial charge in [-0.15, -0.1) is 0 Å². The summed E-state index contributed by atoms with van der Waals surface area (Å²) in [5.41, 5.74) is 9.28. The van der Waals surface area contributed by atoms with Crippen LogP contribution in [0.2, 0.25) is 6.32 Å². The lowest BCUT2D eigenvalue weighted by Crippen LogP contribution is -2.54. The molecule has 0 amide bonds. The Labute approximate surface area is 467 Å². The summed E-state index contributed by atoms with van der Waals surface area (Å²) in [5, 5.41) is 14.8. The van der Waals surface area contributed by atoms with Crippen molar-refractivity contribution in [3.05, 3.63) is 180 Å². The number of carbonyl (C=O) groups is 9. The van der Waals surface area contributed by atoms with Crippen molar-refractivity contribution in [2.45, 2.75) is 83.4 Å². The normalized spacial score (nSPS) is 15.6. The van der Waals surface area contributed by atoms with E-state index in [4.69, 9.17) is 24.1 Å². The molecule has 6 aromatic carbocycles. The second kappa shape index (κ2) is 29.4. The van der Waals surface area contributed by atoms with E-state index >= 15 is 0 Å². The van der Waals surface area contributed by atoms with E-state index in [0.29, 0.717) is 31.4 Å². The van der Waals surface area contributed by atoms with Gasteiger partial charge in [0.2, 0.25) is 5.92 Å². The third-order valence-electron chi connectivity index (χ3n) is 12.8. The molecule has 16 nitrogen and oxygen atoms in total. The van der Waals surface area contributed by atoms with Gasteiger partial charge in [-0.3, -0.25) is 28.8 Å². The average molecular weight is 1080 g/mol. The van der Waals surface area contributed by atoms with Crippen LogP contribution in [-0.4, -0.2) is 105 Å². The van der Waals surface area contributed by atoms with E-state index in [-0.39, 0.29) is 25.2 Å². The van der Waals surface area contributed by atoms with E-state index in [1.807, 2.05) is 164 Å². The maximum absolute atomic E-state index is 12.9. The summed E-state index contributed by atoms with van der Waals surface area (Å²) in [5.74, 6) is -10.7. The smallest absolute Gasteiger partial charge is 0.331 e. The predicted octanol–water partition coefficient (Wildman–Crippen LogP) is 7.10. The zero-order valence-corrected chi connectivity index (χ0v) is 44.7. The molecule has 2 fully saturated rings. The van der Waals surface area contributed by atoms with E-state index < -0.39 is 71.0 Å². The Morgan fingerprint density at radius 1 is 0.500 bits per heavy atom. The number of aliphatic carboxylic acids is 1. The van der Waals surface area contributed by atoms with Gasteiger partial charge in [-0.1, -0.05) is 170 Å². The van der Waals surface area contributed by atoms with Crippen LogP contribution in [0, 0.1) is 17.8 Å². The molecule has 2 saturated heterocycles. The lowest BCUT2D eigenvalue weighted by atomic mass is 9.70. The molecule has 3 radical (unpaired) electrons. The number of carboxylic acid groups (broad SMARTS) is 1. The van der Waals surface area contributed by atoms with Crippen LogP contribution in [0.1, 0.15) is 50.8 Å². The molecular weight excluding hydrogens is 1020 g/mol. The van der Waals surface area contributed by atoms with Crippen LogP contribution in [0.3, 0.4) is 0 Å². The number of hydrogen-bond acceptors (Lipinski definition) is 15. The van der Waals surface area contributed by atoms with E-state index in [1.165, 1.54) is 42.4 Å². The number of hydrogen-bond donors (Lipinski definition) is 3. The van der Waals surface area contributed by atoms with Gasteiger partial charge in [-0.2, -0.15) is 0 Å². The zero-order valence-electron chi connectivity index (χ0n) is 44.7. The number of carbonyl (C=O) groups excluding carboxylic acids is 8. The molecule has 0 aliphatic carbocycles. The van der Waals surface area contributed by atoms with Crippen molar-refractivity contribution in [1.82, 2.24) is 10.5 Å². The van der Waals surface area contributed by atoms with Crippen LogP contribution in [0.25, 0.3) is 33.4 Å². The summed E-state index contributed by atoms with van der Waals surface area (Å²) in [4.78, 5) is 105. The van der Waals surface area contributed by atoms with Gasteiger partial charge in [0.15, 0.2) is 19.0 Å². The number of ether oxygens (including phenoxy) is 4. The van der Waals surface area contributed by atoms with E-state index in [1.54, 1.807) is 0 Å². The highest BCUT2D eigenvalue weighted by molar-refractivity contribution is 6.67. The molecular formula is C61H60B3N2O14. The number of rotatable bonds is 23. The molecule has 2 heterocycles. The molecule has 2 aliphatic heterocycles. The number of Topliss-reactive ketones (excluding diaryl/α,β-unsaturated/α-hetero) is 1. The van der Waals surface area contributed by atoms with E-state index in [0.717, 1.165) is 57.5 Å². The Balaban J connectivity index is 0.000000197. The van der Waals surface area contributed by atoms with Gasteiger partial charge in [-0.05, 0) is 75.8 Å². The lowest BCUT2D eigenvalue weighted by molar-refractivity contribution is -0.241. The van der Waals surface area contributed by atoms with Crippen LogP contribution < -0.4 is 10.5 Å². The molecule has 0 bridgehead atoms. The summed E-state index contributed by atoms with van der Waals surface area (Å²) in [7, 11) is 3.69. The van der Waals surface area contributed by atoms with Crippen LogP contribution in [0.15, 0.2) is 164 Å². The van der Waals surface area contributed by atoms with Crippen LogP contribution in [0.5, 0.6) is 0 Å². The van der Waals surface area contributed by atoms with Crippen molar-refractivity contribution in [3.8, 4) is 33.4 Å². The number of esters is 4. The third kappa shape index (κ3) is 18.3. The van der Waals surface area contributed by atoms with Gasteiger partial charge in [-0.25, -0.2) is 0 Å². The van der Waals surface area contributed by atoms with Crippen molar-refractivity contribution < 1.29 is 67.2 Å². The first-order chi connectivity index (χ1) is 38.4. The van der Waals surface area contributed by atoms with Gasteiger partial charge >= 0.3 is 29.8 Å². The molecule has 80 heavy (non-hydrogen) atoms. The van der Waals surface area contributed by atoms with E-state index in [9.17, 15) is 43.2 Å². The third-order valence-corrected chi connectivity index (χ3v) is 12.8. The maximum atomic E-state index is 12.9. The Bertz CT molecular complexity index is 3010. The summed E-state index contributed by atoms with van der Waals surface area (Å²) in [6, 6.07) is 52.0. The summed E-state index contributed by atoms with van der Waals surface area (Å²) in [6.07, 6.45) is 3.31. The molecule has 3 atom stereocenters. The van der Waals surface area contributed by atoms with Crippen LogP contribution >= 0.6 is 0 Å². The fraction of sp³-hybridized carbons (Fsp3) is 0.262. The highest BCUT2D eigenvalue weighted by Gasteiger charge is 2.49. The number of ketones is 1. The predicted molar refractivity (Wildman–Crippen MR) is 303 cm³/mol. The van der Waals surface area contributed by atoms with Gasteiger partial charge < -0.3 is 48.9 Å². The molecule has 0 unspecified atom stereocenters.